The standard InChI is InChI=1S/C18H21N3O4S/c1-19-18(22)14-2-4-16(5-3-14)26(23,24)21-17-12-25-11-15(17)10-13-6-8-20-9-7-13/h2-9,15,17,21H,10-12H2,1H3,(H,19,22)/t15-,17+/m1/s1. The van der Waals surface area contributed by atoms with Gasteiger partial charge in [0.25, 0.3) is 5.91 Å². The highest BCUT2D eigenvalue weighted by Crippen LogP contribution is 2.21. The van der Waals surface area contributed by atoms with Crippen LogP contribution in [0.5, 0.6) is 0 Å². The molecule has 7 nitrogen and oxygen atoms in total. The summed E-state index contributed by atoms with van der Waals surface area (Å²) in [6.45, 7) is 0.844. The van der Waals surface area contributed by atoms with Crippen LogP contribution < -0.4 is 10.0 Å². The molecular formula is C18H21N3O4S. The van der Waals surface area contributed by atoms with E-state index in [1.807, 2.05) is 12.1 Å². The van der Waals surface area contributed by atoms with Crippen LogP contribution in [0.1, 0.15) is 15.9 Å². The number of carbonyl (C=O) groups excluding carboxylic acids is 1. The van der Waals surface area contributed by atoms with Gasteiger partial charge in [-0.2, -0.15) is 0 Å². The van der Waals surface area contributed by atoms with E-state index in [1.54, 1.807) is 12.4 Å². The van der Waals surface area contributed by atoms with Crippen molar-refractivity contribution in [1.29, 1.82) is 0 Å². The predicted molar refractivity (Wildman–Crippen MR) is 96.2 cm³/mol. The number of carbonyl (C=O) groups is 1. The summed E-state index contributed by atoms with van der Waals surface area (Å²) in [6.07, 6.45) is 4.15. The molecule has 0 saturated carbocycles. The van der Waals surface area contributed by atoms with E-state index in [0.29, 0.717) is 25.2 Å². The molecule has 1 saturated heterocycles. The first-order valence-corrected chi connectivity index (χ1v) is 9.79. The fourth-order valence-corrected chi connectivity index (χ4v) is 4.24. The number of benzene rings is 1. The van der Waals surface area contributed by atoms with Crippen LogP contribution in [0, 0.1) is 5.92 Å². The minimum absolute atomic E-state index is 0.0531. The van der Waals surface area contributed by atoms with Gasteiger partial charge in [-0.15, -0.1) is 0 Å². The normalized spacial score (nSPS) is 20.0. The average Bonchev–Trinajstić information content (AvgIpc) is 3.08. The van der Waals surface area contributed by atoms with Crippen molar-refractivity contribution in [2.24, 2.45) is 5.92 Å². The molecule has 0 bridgehead atoms. The number of amides is 1. The summed E-state index contributed by atoms with van der Waals surface area (Å²) in [5.74, 6) is -0.208. The van der Waals surface area contributed by atoms with Crippen molar-refractivity contribution in [3.8, 4) is 0 Å². The third kappa shape index (κ3) is 4.27. The Hall–Kier alpha value is -2.29. The van der Waals surface area contributed by atoms with E-state index < -0.39 is 10.0 Å². The van der Waals surface area contributed by atoms with E-state index in [0.717, 1.165) is 5.56 Å². The lowest BCUT2D eigenvalue weighted by molar-refractivity contribution is 0.0963. The zero-order valence-electron chi connectivity index (χ0n) is 14.4. The summed E-state index contributed by atoms with van der Waals surface area (Å²) in [7, 11) is -2.17. The Labute approximate surface area is 152 Å². The number of hydrogen-bond donors (Lipinski definition) is 2. The van der Waals surface area contributed by atoms with Crippen molar-refractivity contribution in [2.45, 2.75) is 17.4 Å². The number of ether oxygens (including phenoxy) is 1. The van der Waals surface area contributed by atoms with Gasteiger partial charge < -0.3 is 10.1 Å². The predicted octanol–water partition coefficient (Wildman–Crippen LogP) is 0.977. The van der Waals surface area contributed by atoms with Crippen LogP contribution in [0.25, 0.3) is 0 Å². The van der Waals surface area contributed by atoms with Gasteiger partial charge in [-0.25, -0.2) is 13.1 Å². The second-order valence-corrected chi connectivity index (χ2v) is 7.90. The highest BCUT2D eigenvalue weighted by atomic mass is 32.2. The first-order valence-electron chi connectivity index (χ1n) is 8.31. The van der Waals surface area contributed by atoms with Crippen LogP contribution in [-0.2, 0) is 21.2 Å². The highest BCUT2D eigenvalue weighted by molar-refractivity contribution is 7.89. The van der Waals surface area contributed by atoms with Gasteiger partial charge in [0, 0.05) is 30.9 Å². The first-order chi connectivity index (χ1) is 12.5. The second-order valence-electron chi connectivity index (χ2n) is 6.19. The molecule has 8 heteroatoms. The summed E-state index contributed by atoms with van der Waals surface area (Å²) in [6, 6.07) is 9.39. The fraction of sp³-hybridized carbons (Fsp3) is 0.333. The van der Waals surface area contributed by atoms with Gasteiger partial charge in [-0.1, -0.05) is 0 Å². The van der Waals surface area contributed by atoms with Crippen LogP contribution in [0.3, 0.4) is 0 Å². The summed E-state index contributed by atoms with van der Waals surface area (Å²) in [4.78, 5) is 15.7. The molecule has 26 heavy (non-hydrogen) atoms. The number of hydrogen-bond acceptors (Lipinski definition) is 5. The first kappa shape index (κ1) is 18.5. The van der Waals surface area contributed by atoms with Crippen LogP contribution in [-0.4, -0.2) is 45.6 Å². The topological polar surface area (TPSA) is 97.4 Å². The van der Waals surface area contributed by atoms with E-state index in [4.69, 9.17) is 4.74 Å². The molecule has 138 valence electrons. The molecule has 1 aliphatic rings. The second kappa shape index (κ2) is 7.94. The molecule has 2 N–H and O–H groups in total. The monoisotopic (exact) mass is 375 g/mol. The molecule has 2 aromatic rings. The SMILES string of the molecule is CNC(=O)c1ccc(S(=O)(=O)N[C@H]2COC[C@H]2Cc2ccncc2)cc1. The molecule has 1 aromatic heterocycles. The number of rotatable bonds is 6. The number of aromatic nitrogens is 1. The molecule has 0 aliphatic carbocycles. The van der Waals surface area contributed by atoms with Gasteiger partial charge in [-0.05, 0) is 48.4 Å². The van der Waals surface area contributed by atoms with Gasteiger partial charge >= 0.3 is 0 Å². The molecule has 2 atom stereocenters. The minimum atomic E-state index is -3.69. The minimum Gasteiger partial charge on any atom is -0.379 e. The number of sulfonamides is 1. The van der Waals surface area contributed by atoms with Crippen LogP contribution in [0.2, 0.25) is 0 Å². The summed E-state index contributed by atoms with van der Waals surface area (Å²) in [5.41, 5.74) is 1.50. The zero-order valence-corrected chi connectivity index (χ0v) is 15.2. The molecule has 1 amide bonds. The molecule has 2 heterocycles. The van der Waals surface area contributed by atoms with Crippen molar-refractivity contribution in [2.75, 3.05) is 20.3 Å². The van der Waals surface area contributed by atoms with Gasteiger partial charge in [0.2, 0.25) is 10.0 Å². The molecule has 1 aliphatic heterocycles. The lowest BCUT2D eigenvalue weighted by Gasteiger charge is -2.19. The number of pyridine rings is 1. The Bertz CT molecular complexity index is 854. The molecule has 3 rings (SSSR count). The average molecular weight is 375 g/mol. The van der Waals surface area contributed by atoms with Crippen LogP contribution in [0.15, 0.2) is 53.7 Å². The van der Waals surface area contributed by atoms with Crippen molar-refractivity contribution in [3.63, 3.8) is 0 Å². The highest BCUT2D eigenvalue weighted by Gasteiger charge is 2.32. The summed E-state index contributed by atoms with van der Waals surface area (Å²) < 4.78 is 33.5. The maximum absolute atomic E-state index is 12.7. The van der Waals surface area contributed by atoms with Crippen molar-refractivity contribution < 1.29 is 17.9 Å². The van der Waals surface area contributed by atoms with Crippen molar-refractivity contribution in [1.82, 2.24) is 15.0 Å². The third-order valence-electron chi connectivity index (χ3n) is 4.41. The van der Waals surface area contributed by atoms with E-state index in [9.17, 15) is 13.2 Å². The van der Waals surface area contributed by atoms with E-state index in [2.05, 4.69) is 15.0 Å². The maximum Gasteiger partial charge on any atom is 0.251 e. The van der Waals surface area contributed by atoms with Gasteiger partial charge in [0.05, 0.1) is 24.2 Å². The molecule has 0 radical (unpaired) electrons. The van der Waals surface area contributed by atoms with E-state index in [-0.39, 0.29) is 22.8 Å². The maximum atomic E-state index is 12.7. The number of nitrogens with one attached hydrogen (secondary N) is 2. The zero-order chi connectivity index (χ0) is 18.6. The quantitative estimate of drug-likeness (QED) is 0.784. The smallest absolute Gasteiger partial charge is 0.251 e. The van der Waals surface area contributed by atoms with Gasteiger partial charge in [0.1, 0.15) is 0 Å². The van der Waals surface area contributed by atoms with Crippen molar-refractivity contribution in [3.05, 3.63) is 59.9 Å². The van der Waals surface area contributed by atoms with Gasteiger partial charge in [-0.3, -0.25) is 9.78 Å². The van der Waals surface area contributed by atoms with Crippen LogP contribution in [0.4, 0.5) is 0 Å². The molecule has 1 aromatic carbocycles. The largest absolute Gasteiger partial charge is 0.379 e. The lowest BCUT2D eigenvalue weighted by atomic mass is 9.96. The Morgan fingerprint density at radius 3 is 2.50 bits per heavy atom. The Morgan fingerprint density at radius 1 is 1.15 bits per heavy atom. The summed E-state index contributed by atoms with van der Waals surface area (Å²) in [5, 5.41) is 2.50. The van der Waals surface area contributed by atoms with Gasteiger partial charge in [0.15, 0.2) is 0 Å². The van der Waals surface area contributed by atoms with Crippen molar-refractivity contribution >= 4 is 15.9 Å². The molecule has 0 unspecified atom stereocenters. The lowest BCUT2D eigenvalue weighted by Crippen LogP contribution is -2.40. The molecule has 1 fully saturated rings. The summed E-state index contributed by atoms with van der Waals surface area (Å²) >= 11 is 0. The molecule has 0 spiro atoms. The van der Waals surface area contributed by atoms with E-state index >= 15 is 0 Å². The van der Waals surface area contributed by atoms with E-state index in [1.165, 1.54) is 31.3 Å². The van der Waals surface area contributed by atoms with Crippen LogP contribution >= 0.6 is 0 Å². The Morgan fingerprint density at radius 2 is 1.85 bits per heavy atom. The number of nitrogens with zero attached hydrogens (tertiary/aromatic N) is 1. The fourth-order valence-electron chi connectivity index (χ4n) is 2.95. The Balaban J connectivity index is 1.70. The third-order valence-corrected chi connectivity index (χ3v) is 5.91. The Kier molecular flexibility index (Phi) is 5.65. The molecular weight excluding hydrogens is 354 g/mol.